The number of nitrogens with one attached hydrogen (secondary N) is 2. The van der Waals surface area contributed by atoms with Gasteiger partial charge >= 0.3 is 0 Å². The van der Waals surface area contributed by atoms with Crippen LogP contribution in [0.1, 0.15) is 22.8 Å². The summed E-state index contributed by atoms with van der Waals surface area (Å²) in [6, 6.07) is 33.5. The molecule has 0 fully saturated rings. The van der Waals surface area contributed by atoms with Gasteiger partial charge in [0.1, 0.15) is 0 Å². The lowest BCUT2D eigenvalue weighted by molar-refractivity contribution is 0.613. The standard InChI is InChI=1S/C44H30N4O8S4/c49-57(50)29-9-1-25(2-10-29)41-33-17-19-35(45-33)42(26-3-11-30(12-4-26)58(51)52)37-21-23-39(47-37)44(28-7-15-32(16-8-28)60(55)56)40-24-22-38(48-40)43(36-20-18-34(41)46-36)27-5-13-31(14-6-27)59(53)54/h1-24,45,48,57-60H. The van der Waals surface area contributed by atoms with E-state index in [-0.39, 0.29) is 19.6 Å². The van der Waals surface area contributed by atoms with Crippen molar-refractivity contribution in [3.8, 4) is 44.5 Å². The molecule has 7 aromatic rings. The summed E-state index contributed by atoms with van der Waals surface area (Å²) in [5.41, 5.74) is 10.1. The van der Waals surface area contributed by atoms with E-state index in [0.29, 0.717) is 89.4 Å². The Bertz CT molecular complexity index is 2980. The van der Waals surface area contributed by atoms with E-state index < -0.39 is 42.8 Å². The zero-order valence-corrected chi connectivity index (χ0v) is 34.4. The van der Waals surface area contributed by atoms with E-state index in [0.717, 1.165) is 0 Å². The Kier molecular flexibility index (Phi) is 10.2. The molecule has 2 N–H and O–H groups in total. The third kappa shape index (κ3) is 7.30. The van der Waals surface area contributed by atoms with Crippen LogP contribution < -0.4 is 0 Å². The number of H-pyrrole nitrogens is 2. The molecule has 12 nitrogen and oxygen atoms in total. The summed E-state index contributed by atoms with van der Waals surface area (Å²) in [7, 11) is -11.3. The SMILES string of the molecule is O=[SH](=O)c1ccc(-c2c3nc(c(-c4ccc([SH](=O)=O)cc4)c4ccc([nH]4)c(-c4ccc([SH](=O)=O)cc4)c4nc(c(-c5ccc([SH](=O)=O)cc5)c5ccc2[nH]5)C=C4)C=C3)cc1. The Balaban J connectivity index is 1.44. The fourth-order valence-electron chi connectivity index (χ4n) is 7.42. The van der Waals surface area contributed by atoms with E-state index in [9.17, 15) is 33.7 Å². The second-order valence-electron chi connectivity index (χ2n) is 13.7. The summed E-state index contributed by atoms with van der Waals surface area (Å²) in [6.07, 6.45) is 7.43. The molecule has 2 aliphatic rings. The van der Waals surface area contributed by atoms with Crippen LogP contribution >= 0.6 is 0 Å². The first-order valence-electron chi connectivity index (χ1n) is 18.2. The lowest BCUT2D eigenvalue weighted by Gasteiger charge is -2.07. The van der Waals surface area contributed by atoms with Gasteiger partial charge < -0.3 is 9.97 Å². The Morgan fingerprint density at radius 3 is 0.667 bits per heavy atom. The van der Waals surface area contributed by atoms with Gasteiger partial charge in [-0.15, -0.1) is 0 Å². The summed E-state index contributed by atoms with van der Waals surface area (Å²) in [6.45, 7) is 0. The van der Waals surface area contributed by atoms with Crippen molar-refractivity contribution >= 4 is 89.2 Å². The number of benzene rings is 4. The third-order valence-corrected chi connectivity index (χ3v) is 13.1. The minimum Gasteiger partial charge on any atom is -0.354 e. The van der Waals surface area contributed by atoms with Gasteiger partial charge in [-0.05, 0) is 119 Å². The monoisotopic (exact) mass is 870 g/mol. The van der Waals surface area contributed by atoms with Crippen molar-refractivity contribution in [1.82, 2.24) is 19.9 Å². The van der Waals surface area contributed by atoms with Crippen LogP contribution in [0.25, 0.3) is 90.9 Å². The zero-order valence-electron chi connectivity index (χ0n) is 30.8. The van der Waals surface area contributed by atoms with Crippen molar-refractivity contribution < 1.29 is 33.7 Å². The van der Waals surface area contributed by atoms with E-state index in [2.05, 4.69) is 9.97 Å². The molecule has 3 aromatic heterocycles. The first-order chi connectivity index (χ1) is 29.0. The molecule has 0 aliphatic carbocycles. The van der Waals surface area contributed by atoms with Gasteiger partial charge in [-0.2, -0.15) is 0 Å². The van der Waals surface area contributed by atoms with E-state index in [1.165, 1.54) is 48.5 Å². The van der Waals surface area contributed by atoms with Gasteiger partial charge in [0.2, 0.25) is 0 Å². The van der Waals surface area contributed by atoms with Crippen molar-refractivity contribution in [3.63, 3.8) is 0 Å². The molecule has 0 spiro atoms. The minimum absolute atomic E-state index is 0.150. The molecule has 0 radical (unpaired) electrons. The average molecular weight is 871 g/mol. The molecule has 4 aromatic carbocycles. The van der Waals surface area contributed by atoms with Crippen molar-refractivity contribution in [1.29, 1.82) is 0 Å². The molecule has 16 heteroatoms. The lowest BCUT2D eigenvalue weighted by Crippen LogP contribution is -1.90. The van der Waals surface area contributed by atoms with Crippen LogP contribution in [0.2, 0.25) is 0 Å². The Morgan fingerprint density at radius 1 is 0.283 bits per heavy atom. The summed E-state index contributed by atoms with van der Waals surface area (Å²) >= 11 is 0. The van der Waals surface area contributed by atoms with E-state index in [1.54, 1.807) is 48.5 Å². The van der Waals surface area contributed by atoms with E-state index in [4.69, 9.17) is 9.97 Å². The topological polar surface area (TPSA) is 194 Å². The van der Waals surface area contributed by atoms with Crippen LogP contribution in [0, 0.1) is 0 Å². The summed E-state index contributed by atoms with van der Waals surface area (Å²) in [5.74, 6) is 0. The molecular weight excluding hydrogens is 841 g/mol. The van der Waals surface area contributed by atoms with Crippen molar-refractivity contribution in [2.24, 2.45) is 0 Å². The molecule has 5 heterocycles. The molecule has 0 saturated carbocycles. The predicted molar refractivity (Wildman–Crippen MR) is 235 cm³/mol. The largest absolute Gasteiger partial charge is 0.354 e. The highest BCUT2D eigenvalue weighted by Crippen LogP contribution is 2.39. The molecular formula is C44H30N4O8S4. The molecule has 0 unspecified atom stereocenters. The van der Waals surface area contributed by atoms with Crippen molar-refractivity contribution in [2.75, 3.05) is 0 Å². The first-order valence-corrected chi connectivity index (χ1v) is 22.9. The quantitative estimate of drug-likeness (QED) is 0.0851. The average Bonchev–Trinajstić information content (AvgIpc) is 4.10. The smallest absolute Gasteiger partial charge is 0.168 e. The third-order valence-electron chi connectivity index (χ3n) is 10.2. The number of hydrogen-bond donors (Lipinski definition) is 6. The van der Waals surface area contributed by atoms with Crippen LogP contribution in [-0.2, 0) is 42.8 Å². The molecule has 9 rings (SSSR count). The Morgan fingerprint density at radius 2 is 0.483 bits per heavy atom. The van der Waals surface area contributed by atoms with Crippen LogP contribution in [-0.4, -0.2) is 53.6 Å². The van der Waals surface area contributed by atoms with Gasteiger partial charge in [0, 0.05) is 44.3 Å². The number of fused-ring (bicyclic) bond motifs is 8. The highest BCUT2D eigenvalue weighted by molar-refractivity contribution is 7.73. The van der Waals surface area contributed by atoms with Crippen molar-refractivity contribution in [3.05, 3.63) is 144 Å². The number of thiol groups is 4. The molecule has 298 valence electrons. The number of aromatic nitrogens is 4. The summed E-state index contributed by atoms with van der Waals surface area (Å²) in [5, 5.41) is 0. The molecule has 60 heavy (non-hydrogen) atoms. The zero-order chi connectivity index (χ0) is 41.7. The van der Waals surface area contributed by atoms with Gasteiger partial charge in [0.05, 0.1) is 42.4 Å². The Labute approximate surface area is 349 Å². The number of hydrogen-bond acceptors (Lipinski definition) is 10. The van der Waals surface area contributed by atoms with Crippen molar-refractivity contribution in [2.45, 2.75) is 19.6 Å². The van der Waals surface area contributed by atoms with Crippen LogP contribution in [0.15, 0.2) is 141 Å². The number of aromatic amines is 2. The minimum atomic E-state index is -2.82. The van der Waals surface area contributed by atoms with Gasteiger partial charge in [0.15, 0.2) is 42.8 Å². The maximum absolute atomic E-state index is 11.9. The fraction of sp³-hybridized carbons (Fsp3) is 0. The van der Waals surface area contributed by atoms with Crippen LogP contribution in [0.5, 0.6) is 0 Å². The molecule has 8 bridgehead atoms. The Hall–Kier alpha value is -6.72. The van der Waals surface area contributed by atoms with Gasteiger partial charge in [-0.3, -0.25) is 0 Å². The molecule has 0 saturated heterocycles. The van der Waals surface area contributed by atoms with E-state index >= 15 is 0 Å². The molecule has 0 amide bonds. The maximum Gasteiger partial charge on any atom is 0.168 e. The fourth-order valence-corrected chi connectivity index (χ4v) is 8.99. The predicted octanol–water partition coefficient (Wildman–Crippen LogP) is 7.20. The highest BCUT2D eigenvalue weighted by atomic mass is 32.2. The first kappa shape index (κ1) is 38.8. The summed E-state index contributed by atoms with van der Waals surface area (Å²) < 4.78 is 94.9. The van der Waals surface area contributed by atoms with Crippen LogP contribution in [0.4, 0.5) is 0 Å². The lowest BCUT2D eigenvalue weighted by atomic mass is 10.0. The van der Waals surface area contributed by atoms with Gasteiger partial charge in [-0.25, -0.2) is 43.6 Å². The van der Waals surface area contributed by atoms with Gasteiger partial charge in [0.25, 0.3) is 0 Å². The molecule has 2 aliphatic heterocycles. The highest BCUT2D eigenvalue weighted by Gasteiger charge is 2.19. The summed E-state index contributed by atoms with van der Waals surface area (Å²) in [4.78, 5) is 18.0. The second-order valence-corrected chi connectivity index (χ2v) is 17.8. The van der Waals surface area contributed by atoms with Gasteiger partial charge in [-0.1, -0.05) is 48.5 Å². The second kappa shape index (κ2) is 15.8. The molecule has 0 atom stereocenters. The number of nitrogens with zero attached hydrogens (tertiary/aromatic N) is 2. The maximum atomic E-state index is 11.9. The number of rotatable bonds is 8. The van der Waals surface area contributed by atoms with Crippen LogP contribution in [0.3, 0.4) is 0 Å². The van der Waals surface area contributed by atoms with E-state index in [1.807, 2.05) is 48.6 Å². The normalized spacial score (nSPS) is 12.3.